The number of ether oxygens (including phenoxy) is 1. The largest absolute Gasteiger partial charge is 0.369 e. The minimum Gasteiger partial charge on any atom is -0.369 e. The van der Waals surface area contributed by atoms with E-state index in [9.17, 15) is 4.79 Å². The molecule has 0 spiro atoms. The molecule has 1 saturated heterocycles. The topological polar surface area (TPSA) is 55.6 Å². The van der Waals surface area contributed by atoms with E-state index >= 15 is 0 Å². The van der Waals surface area contributed by atoms with Gasteiger partial charge in [0, 0.05) is 19.1 Å². The van der Waals surface area contributed by atoms with Crippen LogP contribution < -0.4 is 5.73 Å². The molecular weight excluding hydrogens is 216 g/mol. The Kier molecular flexibility index (Phi) is 4.05. The standard InChI is InChI=1S/C13H24N2O2/c1-3-9(2)17-8-13(16)15-6-10-4-5-12(14)11(10)7-15/h9-12H,3-8,14H2,1-2H3. The molecule has 4 nitrogen and oxygen atoms in total. The molecule has 1 amide bonds. The van der Waals surface area contributed by atoms with Crippen LogP contribution in [0.2, 0.25) is 0 Å². The number of rotatable bonds is 4. The molecule has 0 aromatic heterocycles. The van der Waals surface area contributed by atoms with Gasteiger partial charge in [-0.3, -0.25) is 4.79 Å². The lowest BCUT2D eigenvalue weighted by atomic mass is 9.98. The number of hydrogen-bond donors (Lipinski definition) is 1. The average molecular weight is 240 g/mol. The molecule has 4 heteroatoms. The zero-order valence-corrected chi connectivity index (χ0v) is 10.9. The number of carbonyl (C=O) groups excluding carboxylic acids is 1. The predicted molar refractivity (Wildman–Crippen MR) is 66.5 cm³/mol. The van der Waals surface area contributed by atoms with E-state index in [4.69, 9.17) is 10.5 Å². The Labute approximate surface area is 103 Å². The number of nitrogens with zero attached hydrogens (tertiary/aromatic N) is 1. The lowest BCUT2D eigenvalue weighted by molar-refractivity contribution is -0.137. The van der Waals surface area contributed by atoms with Gasteiger partial charge in [0.05, 0.1) is 6.10 Å². The van der Waals surface area contributed by atoms with Crippen LogP contribution in [0.3, 0.4) is 0 Å². The molecule has 2 fully saturated rings. The van der Waals surface area contributed by atoms with Crippen LogP contribution in [0.1, 0.15) is 33.1 Å². The lowest BCUT2D eigenvalue weighted by Crippen LogP contribution is -2.36. The van der Waals surface area contributed by atoms with E-state index in [1.165, 1.54) is 6.42 Å². The Bertz CT molecular complexity index is 283. The first-order chi connectivity index (χ1) is 8.11. The van der Waals surface area contributed by atoms with Crippen molar-refractivity contribution in [2.24, 2.45) is 17.6 Å². The van der Waals surface area contributed by atoms with Crippen LogP contribution >= 0.6 is 0 Å². The first-order valence-corrected chi connectivity index (χ1v) is 6.76. The van der Waals surface area contributed by atoms with Crippen molar-refractivity contribution in [3.05, 3.63) is 0 Å². The van der Waals surface area contributed by atoms with Gasteiger partial charge in [0.2, 0.25) is 5.91 Å². The van der Waals surface area contributed by atoms with Crippen molar-refractivity contribution in [3.63, 3.8) is 0 Å². The molecule has 98 valence electrons. The number of fused-ring (bicyclic) bond motifs is 1. The zero-order valence-electron chi connectivity index (χ0n) is 10.9. The van der Waals surface area contributed by atoms with Crippen molar-refractivity contribution in [2.75, 3.05) is 19.7 Å². The van der Waals surface area contributed by atoms with Gasteiger partial charge in [-0.2, -0.15) is 0 Å². The summed E-state index contributed by atoms with van der Waals surface area (Å²) in [5.74, 6) is 1.30. The molecule has 1 saturated carbocycles. The quantitative estimate of drug-likeness (QED) is 0.797. The molecule has 4 unspecified atom stereocenters. The summed E-state index contributed by atoms with van der Waals surface area (Å²) in [7, 11) is 0. The van der Waals surface area contributed by atoms with Crippen molar-refractivity contribution in [3.8, 4) is 0 Å². The van der Waals surface area contributed by atoms with Gasteiger partial charge >= 0.3 is 0 Å². The van der Waals surface area contributed by atoms with Gasteiger partial charge in [-0.15, -0.1) is 0 Å². The summed E-state index contributed by atoms with van der Waals surface area (Å²) in [6.07, 6.45) is 3.43. The fraction of sp³-hybridized carbons (Fsp3) is 0.923. The fourth-order valence-electron chi connectivity index (χ4n) is 2.93. The average Bonchev–Trinajstić information content (AvgIpc) is 2.88. The van der Waals surface area contributed by atoms with Gasteiger partial charge in [-0.25, -0.2) is 0 Å². The molecule has 4 atom stereocenters. The maximum atomic E-state index is 12.0. The van der Waals surface area contributed by atoms with Crippen molar-refractivity contribution >= 4 is 5.91 Å². The van der Waals surface area contributed by atoms with Gasteiger partial charge in [0.1, 0.15) is 6.61 Å². The molecule has 2 aliphatic rings. The summed E-state index contributed by atoms with van der Waals surface area (Å²) in [6, 6.07) is 0.299. The van der Waals surface area contributed by atoms with Gasteiger partial charge in [0.25, 0.3) is 0 Å². The first-order valence-electron chi connectivity index (χ1n) is 6.76. The molecule has 1 aliphatic carbocycles. The van der Waals surface area contributed by atoms with Crippen molar-refractivity contribution < 1.29 is 9.53 Å². The van der Waals surface area contributed by atoms with E-state index in [2.05, 4.69) is 6.92 Å². The van der Waals surface area contributed by atoms with E-state index in [0.29, 0.717) is 17.9 Å². The molecular formula is C13H24N2O2. The number of amides is 1. The summed E-state index contributed by atoms with van der Waals surface area (Å²) in [5.41, 5.74) is 6.06. The van der Waals surface area contributed by atoms with E-state index in [1.807, 2.05) is 11.8 Å². The van der Waals surface area contributed by atoms with Crippen molar-refractivity contribution in [1.29, 1.82) is 0 Å². The van der Waals surface area contributed by atoms with Gasteiger partial charge in [0.15, 0.2) is 0 Å². The van der Waals surface area contributed by atoms with Crippen molar-refractivity contribution in [2.45, 2.75) is 45.3 Å². The highest BCUT2D eigenvalue weighted by atomic mass is 16.5. The highest BCUT2D eigenvalue weighted by molar-refractivity contribution is 5.77. The molecule has 0 bridgehead atoms. The second-order valence-corrected chi connectivity index (χ2v) is 5.49. The highest BCUT2D eigenvalue weighted by Crippen LogP contribution is 2.37. The van der Waals surface area contributed by atoms with E-state index < -0.39 is 0 Å². The first kappa shape index (κ1) is 12.8. The third-order valence-electron chi connectivity index (χ3n) is 4.33. The summed E-state index contributed by atoms with van der Waals surface area (Å²) in [6.45, 7) is 6.02. The molecule has 0 aromatic carbocycles. The van der Waals surface area contributed by atoms with Crippen LogP contribution in [0.4, 0.5) is 0 Å². The molecule has 0 radical (unpaired) electrons. The molecule has 0 aromatic rings. The second kappa shape index (κ2) is 5.36. The number of nitrogens with two attached hydrogens (primary N) is 1. The minimum atomic E-state index is 0.131. The SMILES string of the molecule is CCC(C)OCC(=O)N1CC2CCC(N)C2C1. The van der Waals surface area contributed by atoms with E-state index in [0.717, 1.165) is 25.9 Å². The molecule has 1 aliphatic heterocycles. The Hall–Kier alpha value is -0.610. The molecule has 2 N–H and O–H groups in total. The predicted octanol–water partition coefficient (Wildman–Crippen LogP) is 0.997. The van der Waals surface area contributed by atoms with E-state index in [1.54, 1.807) is 0 Å². The smallest absolute Gasteiger partial charge is 0.248 e. The van der Waals surface area contributed by atoms with Crippen LogP contribution in [0.5, 0.6) is 0 Å². The molecule has 1 heterocycles. The summed E-state index contributed by atoms with van der Waals surface area (Å²) in [5, 5.41) is 0. The summed E-state index contributed by atoms with van der Waals surface area (Å²) < 4.78 is 5.49. The number of carbonyl (C=O) groups is 1. The third kappa shape index (κ3) is 2.80. The third-order valence-corrected chi connectivity index (χ3v) is 4.33. The Morgan fingerprint density at radius 3 is 2.88 bits per heavy atom. The van der Waals surface area contributed by atoms with Gasteiger partial charge in [-0.05, 0) is 38.0 Å². The number of likely N-dealkylation sites (tertiary alicyclic amines) is 1. The van der Waals surface area contributed by atoms with Gasteiger partial charge in [-0.1, -0.05) is 6.92 Å². The highest BCUT2D eigenvalue weighted by Gasteiger charge is 2.42. The fourth-order valence-corrected chi connectivity index (χ4v) is 2.93. The Balaban J connectivity index is 1.78. The van der Waals surface area contributed by atoms with Crippen LogP contribution in [0.15, 0.2) is 0 Å². The lowest BCUT2D eigenvalue weighted by Gasteiger charge is -2.19. The number of hydrogen-bond acceptors (Lipinski definition) is 3. The maximum absolute atomic E-state index is 12.0. The van der Waals surface area contributed by atoms with Crippen LogP contribution in [0.25, 0.3) is 0 Å². The Morgan fingerprint density at radius 2 is 2.24 bits per heavy atom. The summed E-state index contributed by atoms with van der Waals surface area (Å²) >= 11 is 0. The molecule has 2 rings (SSSR count). The normalized spacial score (nSPS) is 33.8. The second-order valence-electron chi connectivity index (χ2n) is 5.49. The summed E-state index contributed by atoms with van der Waals surface area (Å²) in [4.78, 5) is 13.9. The van der Waals surface area contributed by atoms with Crippen LogP contribution in [0, 0.1) is 11.8 Å². The maximum Gasteiger partial charge on any atom is 0.248 e. The Morgan fingerprint density at radius 1 is 1.47 bits per heavy atom. The van der Waals surface area contributed by atoms with Crippen LogP contribution in [-0.4, -0.2) is 42.6 Å². The van der Waals surface area contributed by atoms with Crippen LogP contribution in [-0.2, 0) is 9.53 Å². The monoisotopic (exact) mass is 240 g/mol. The van der Waals surface area contributed by atoms with Crippen molar-refractivity contribution in [1.82, 2.24) is 4.90 Å². The molecule has 17 heavy (non-hydrogen) atoms. The zero-order chi connectivity index (χ0) is 12.4. The van der Waals surface area contributed by atoms with E-state index in [-0.39, 0.29) is 18.6 Å². The van der Waals surface area contributed by atoms with Gasteiger partial charge < -0.3 is 15.4 Å². The minimum absolute atomic E-state index is 0.131.